The van der Waals surface area contributed by atoms with E-state index in [4.69, 9.17) is 4.74 Å². The fraction of sp³-hybridized carbons (Fsp3) is 0.391. The second kappa shape index (κ2) is 8.22. The molecule has 2 heterocycles. The van der Waals surface area contributed by atoms with Crippen LogP contribution in [0.4, 0.5) is 13.2 Å². The van der Waals surface area contributed by atoms with Crippen molar-refractivity contribution in [2.45, 2.75) is 31.4 Å². The van der Waals surface area contributed by atoms with Gasteiger partial charge in [-0.2, -0.15) is 13.2 Å². The van der Waals surface area contributed by atoms with E-state index >= 15 is 0 Å². The van der Waals surface area contributed by atoms with Gasteiger partial charge < -0.3 is 9.64 Å². The highest BCUT2D eigenvalue weighted by Gasteiger charge is 2.36. The highest BCUT2D eigenvalue weighted by Crippen LogP contribution is 2.38. The van der Waals surface area contributed by atoms with Gasteiger partial charge in [0, 0.05) is 31.5 Å². The molecule has 0 spiro atoms. The Hall–Kier alpha value is -2.67. The number of carbonyl (C=O) groups excluding carboxylic acids is 2. The number of alkyl halides is 3. The Labute approximate surface area is 172 Å². The molecule has 0 amide bonds. The number of halogens is 3. The van der Waals surface area contributed by atoms with Gasteiger partial charge in [0.2, 0.25) is 0 Å². The van der Waals surface area contributed by atoms with Crippen molar-refractivity contribution < 1.29 is 27.5 Å². The number of fused-ring (bicyclic) bond motifs is 1. The molecule has 1 saturated heterocycles. The number of ether oxygens (including phenoxy) is 1. The van der Waals surface area contributed by atoms with E-state index in [9.17, 15) is 22.8 Å². The van der Waals surface area contributed by atoms with Gasteiger partial charge in [-0.05, 0) is 42.6 Å². The predicted octanol–water partition coefficient (Wildman–Crippen LogP) is 4.73. The molecule has 0 N–H and O–H groups in total. The first-order chi connectivity index (χ1) is 14.3. The molecule has 0 radical (unpaired) electrons. The summed E-state index contributed by atoms with van der Waals surface area (Å²) in [6, 6.07) is 10.6. The van der Waals surface area contributed by atoms with E-state index in [-0.39, 0.29) is 23.9 Å². The molecule has 1 atom stereocenters. The summed E-state index contributed by atoms with van der Waals surface area (Å²) in [6.07, 6.45) is -3.12. The molecule has 2 aliphatic heterocycles. The minimum atomic E-state index is -4.37. The molecule has 0 aromatic heterocycles. The summed E-state index contributed by atoms with van der Waals surface area (Å²) in [7, 11) is 0. The van der Waals surface area contributed by atoms with Crippen molar-refractivity contribution in [3.05, 3.63) is 64.7 Å². The zero-order valence-electron chi connectivity index (χ0n) is 16.4. The SMILES string of the molecule is O=C(CCN1CCC(c2ccccc2C(F)(F)F)C1)c1ccc2c(c1)OCCC2=O. The Morgan fingerprint density at radius 3 is 2.77 bits per heavy atom. The summed E-state index contributed by atoms with van der Waals surface area (Å²) in [5, 5.41) is 0. The van der Waals surface area contributed by atoms with Crippen molar-refractivity contribution in [2.75, 3.05) is 26.2 Å². The summed E-state index contributed by atoms with van der Waals surface area (Å²) in [6.45, 7) is 1.96. The van der Waals surface area contributed by atoms with E-state index in [1.165, 1.54) is 6.07 Å². The van der Waals surface area contributed by atoms with Gasteiger partial charge >= 0.3 is 6.18 Å². The highest BCUT2D eigenvalue weighted by molar-refractivity contribution is 6.02. The number of hydrogen-bond acceptors (Lipinski definition) is 4. The second-order valence-corrected chi connectivity index (χ2v) is 7.78. The molecule has 7 heteroatoms. The molecular formula is C23H22F3NO3. The van der Waals surface area contributed by atoms with E-state index in [1.54, 1.807) is 30.3 Å². The average molecular weight is 417 g/mol. The molecule has 158 valence electrons. The molecule has 2 aliphatic rings. The van der Waals surface area contributed by atoms with Gasteiger partial charge in [0.15, 0.2) is 11.6 Å². The summed E-state index contributed by atoms with van der Waals surface area (Å²) in [5.74, 6) is 0.194. The monoisotopic (exact) mass is 417 g/mol. The van der Waals surface area contributed by atoms with Crippen molar-refractivity contribution in [2.24, 2.45) is 0 Å². The van der Waals surface area contributed by atoms with Gasteiger partial charge in [0.05, 0.1) is 17.7 Å². The van der Waals surface area contributed by atoms with Crippen LogP contribution in [-0.2, 0) is 6.18 Å². The standard InChI is InChI=1S/C23H22F3NO3/c24-23(25,26)19-4-2-1-3-17(19)16-7-10-27(14-16)11-8-20(28)15-5-6-18-21(29)9-12-30-22(18)13-15/h1-6,13,16H,7-12,14H2. The Balaban J connectivity index is 1.37. The van der Waals surface area contributed by atoms with Gasteiger partial charge in [0.1, 0.15) is 5.75 Å². The van der Waals surface area contributed by atoms with Gasteiger partial charge in [-0.25, -0.2) is 0 Å². The molecule has 2 aromatic carbocycles. The molecule has 0 aliphatic carbocycles. The number of rotatable bonds is 5. The lowest BCUT2D eigenvalue weighted by molar-refractivity contribution is -0.138. The first kappa shape index (κ1) is 20.6. The van der Waals surface area contributed by atoms with Crippen LogP contribution >= 0.6 is 0 Å². The minimum Gasteiger partial charge on any atom is -0.492 e. The van der Waals surface area contributed by atoms with Crippen molar-refractivity contribution in [1.29, 1.82) is 0 Å². The maximum atomic E-state index is 13.3. The topological polar surface area (TPSA) is 46.6 Å². The second-order valence-electron chi connectivity index (χ2n) is 7.78. The van der Waals surface area contributed by atoms with Crippen molar-refractivity contribution in [3.63, 3.8) is 0 Å². The van der Waals surface area contributed by atoms with Crippen molar-refractivity contribution in [1.82, 2.24) is 4.90 Å². The van der Waals surface area contributed by atoms with Crippen LogP contribution in [0.15, 0.2) is 42.5 Å². The quantitative estimate of drug-likeness (QED) is 0.660. The number of Topliss-reactive ketones (excluding diaryl/α,β-unsaturated/α-hetero) is 2. The summed E-state index contributed by atoms with van der Waals surface area (Å²) >= 11 is 0. The third-order valence-corrected chi connectivity index (χ3v) is 5.82. The van der Waals surface area contributed by atoms with Gasteiger partial charge in [-0.15, -0.1) is 0 Å². The highest BCUT2D eigenvalue weighted by atomic mass is 19.4. The lowest BCUT2D eigenvalue weighted by Crippen LogP contribution is -2.24. The number of likely N-dealkylation sites (tertiary alicyclic amines) is 1. The normalized spacial score (nSPS) is 19.4. The Morgan fingerprint density at radius 2 is 1.97 bits per heavy atom. The molecule has 4 nitrogen and oxygen atoms in total. The van der Waals surface area contributed by atoms with Crippen LogP contribution < -0.4 is 4.74 Å². The Morgan fingerprint density at radius 1 is 1.17 bits per heavy atom. The third kappa shape index (κ3) is 4.26. The summed E-state index contributed by atoms with van der Waals surface area (Å²) < 4.78 is 45.4. The van der Waals surface area contributed by atoms with Gasteiger partial charge in [-0.1, -0.05) is 24.3 Å². The van der Waals surface area contributed by atoms with E-state index in [2.05, 4.69) is 0 Å². The number of carbonyl (C=O) groups is 2. The van der Waals surface area contributed by atoms with Crippen molar-refractivity contribution in [3.8, 4) is 5.75 Å². The fourth-order valence-electron chi connectivity index (χ4n) is 4.24. The summed E-state index contributed by atoms with van der Waals surface area (Å²) in [5.41, 5.74) is 0.747. The molecule has 0 saturated carbocycles. The van der Waals surface area contributed by atoms with Gasteiger partial charge in [0.25, 0.3) is 0 Å². The zero-order chi connectivity index (χ0) is 21.3. The predicted molar refractivity (Wildman–Crippen MR) is 105 cm³/mol. The van der Waals surface area contributed by atoms with Crippen molar-refractivity contribution >= 4 is 11.6 Å². The van der Waals surface area contributed by atoms with Crippen LogP contribution in [0.1, 0.15) is 57.0 Å². The van der Waals surface area contributed by atoms with Crippen LogP contribution in [0.25, 0.3) is 0 Å². The van der Waals surface area contributed by atoms with E-state index in [1.807, 2.05) is 4.90 Å². The van der Waals surface area contributed by atoms with Crippen LogP contribution in [0, 0.1) is 0 Å². The lowest BCUT2D eigenvalue weighted by Gasteiger charge is -2.19. The number of ketones is 2. The number of nitrogens with zero attached hydrogens (tertiary/aromatic N) is 1. The molecule has 30 heavy (non-hydrogen) atoms. The van der Waals surface area contributed by atoms with Crippen LogP contribution in [0.2, 0.25) is 0 Å². The fourth-order valence-corrected chi connectivity index (χ4v) is 4.24. The largest absolute Gasteiger partial charge is 0.492 e. The van der Waals surface area contributed by atoms with Crippen LogP contribution in [-0.4, -0.2) is 42.7 Å². The van der Waals surface area contributed by atoms with Crippen LogP contribution in [0.5, 0.6) is 5.75 Å². The van der Waals surface area contributed by atoms with Gasteiger partial charge in [-0.3, -0.25) is 9.59 Å². The number of hydrogen-bond donors (Lipinski definition) is 0. The minimum absolute atomic E-state index is 0.0116. The maximum Gasteiger partial charge on any atom is 0.416 e. The molecule has 1 fully saturated rings. The maximum absolute atomic E-state index is 13.3. The molecule has 2 aromatic rings. The molecule has 1 unspecified atom stereocenters. The Kier molecular flexibility index (Phi) is 5.64. The molecule has 4 rings (SSSR count). The third-order valence-electron chi connectivity index (χ3n) is 5.82. The summed E-state index contributed by atoms with van der Waals surface area (Å²) in [4.78, 5) is 26.5. The average Bonchev–Trinajstić information content (AvgIpc) is 3.20. The van der Waals surface area contributed by atoms with E-state index in [0.29, 0.717) is 61.5 Å². The zero-order valence-corrected chi connectivity index (χ0v) is 16.4. The van der Waals surface area contributed by atoms with Crippen LogP contribution in [0.3, 0.4) is 0 Å². The lowest BCUT2D eigenvalue weighted by atomic mass is 9.93. The van der Waals surface area contributed by atoms with E-state index < -0.39 is 11.7 Å². The molecule has 0 bridgehead atoms. The number of benzene rings is 2. The molecular weight excluding hydrogens is 395 g/mol. The first-order valence-electron chi connectivity index (χ1n) is 10.0. The smallest absolute Gasteiger partial charge is 0.416 e. The Bertz CT molecular complexity index is 970. The van der Waals surface area contributed by atoms with E-state index in [0.717, 1.165) is 6.07 Å². The first-order valence-corrected chi connectivity index (χ1v) is 10.0.